The normalized spacial score (nSPS) is 9.71. The van der Waals surface area contributed by atoms with Crippen molar-refractivity contribution in [1.82, 2.24) is 0 Å². The van der Waals surface area contributed by atoms with Crippen molar-refractivity contribution in [2.75, 3.05) is 0 Å². The van der Waals surface area contributed by atoms with E-state index in [1.54, 1.807) is 0 Å². The second-order valence-electron chi connectivity index (χ2n) is 3.63. The van der Waals surface area contributed by atoms with Crippen LogP contribution in [-0.2, 0) is 15.0 Å². The average molecular weight is 288 g/mol. The van der Waals surface area contributed by atoms with Gasteiger partial charge in [-0.15, -0.1) is 0 Å². The summed E-state index contributed by atoms with van der Waals surface area (Å²) in [5.74, 6) is 0. The van der Waals surface area contributed by atoms with Gasteiger partial charge in [0.2, 0.25) is 0 Å². The van der Waals surface area contributed by atoms with Crippen molar-refractivity contribution in [2.24, 2.45) is 0 Å². The van der Waals surface area contributed by atoms with Gasteiger partial charge in [-0.3, -0.25) is 0 Å². The summed E-state index contributed by atoms with van der Waals surface area (Å²) >= 11 is 5.21. The topological polar surface area (TPSA) is 0 Å². The molecule has 0 N–H and O–H groups in total. The van der Waals surface area contributed by atoms with Crippen LogP contribution in [0, 0.1) is 0 Å². The summed E-state index contributed by atoms with van der Waals surface area (Å²) in [5.41, 5.74) is 0. The second kappa shape index (κ2) is 8.45. The summed E-state index contributed by atoms with van der Waals surface area (Å²) in [5, 5.41) is 2.54. The van der Waals surface area contributed by atoms with Gasteiger partial charge in [0, 0.05) is 0 Å². The van der Waals surface area contributed by atoms with E-state index in [4.69, 9.17) is 15.0 Å². The van der Waals surface area contributed by atoms with E-state index in [0.717, 1.165) is 0 Å². The minimum absolute atomic E-state index is 0.546. The van der Waals surface area contributed by atoms with Gasteiger partial charge >= 0.3 is 93.0 Å². The van der Waals surface area contributed by atoms with E-state index >= 15 is 0 Å². The Kier molecular flexibility index (Phi) is 7.17. The molecule has 0 spiro atoms. The van der Waals surface area contributed by atoms with E-state index in [0.29, 0.717) is 0 Å². The van der Waals surface area contributed by atoms with Crippen LogP contribution in [-0.4, -0.2) is 0 Å². The quantitative estimate of drug-likeness (QED) is 0.579. The average Bonchev–Trinajstić information content (AvgIpc) is 2.41. The third-order valence-electron chi connectivity index (χ3n) is 1.93. The molecule has 0 bridgehead atoms. The van der Waals surface area contributed by atoms with Crippen LogP contribution in [0.25, 0.3) is 0 Å². The molecule has 0 fully saturated rings. The van der Waals surface area contributed by atoms with Crippen molar-refractivity contribution in [3.63, 3.8) is 0 Å². The SMILES string of the molecule is CCC.[Ni][P](c1ccccc1)c1ccccc1. The zero-order valence-corrected chi connectivity index (χ0v) is 12.1. The summed E-state index contributed by atoms with van der Waals surface area (Å²) in [4.78, 5) is 0. The first kappa shape index (κ1) is 14.4. The Bertz CT molecular complexity index is 360. The fraction of sp³-hybridized carbons (Fsp3) is 0.200. The number of benzene rings is 2. The van der Waals surface area contributed by atoms with Crippen LogP contribution in [0.4, 0.5) is 0 Å². The summed E-state index contributed by atoms with van der Waals surface area (Å²) in [6.07, 6.45) is 1.25. The molecular formula is C15H18NiP. The van der Waals surface area contributed by atoms with Gasteiger partial charge in [-0.25, -0.2) is 0 Å². The monoisotopic (exact) mass is 287 g/mol. The third-order valence-corrected chi connectivity index (χ3v) is 4.90. The Labute approximate surface area is 113 Å². The zero-order chi connectivity index (χ0) is 12.5. The van der Waals surface area contributed by atoms with E-state index in [9.17, 15) is 0 Å². The molecule has 0 heterocycles. The molecule has 0 saturated carbocycles. The van der Waals surface area contributed by atoms with Crippen LogP contribution in [0.15, 0.2) is 60.7 Å². The maximum absolute atomic E-state index is 5.21. The fourth-order valence-corrected chi connectivity index (χ4v) is 3.26. The van der Waals surface area contributed by atoms with Gasteiger partial charge in [0.1, 0.15) is 0 Å². The summed E-state index contributed by atoms with van der Waals surface area (Å²) < 4.78 is 0. The first-order valence-electron chi connectivity index (χ1n) is 5.82. The van der Waals surface area contributed by atoms with Crippen LogP contribution in [0.3, 0.4) is 0 Å². The summed E-state index contributed by atoms with van der Waals surface area (Å²) in [6, 6.07) is 20.7. The van der Waals surface area contributed by atoms with E-state index in [-0.39, 0.29) is 0 Å². The second-order valence-corrected chi connectivity index (χ2v) is 6.50. The van der Waals surface area contributed by atoms with Gasteiger partial charge < -0.3 is 0 Å². The van der Waals surface area contributed by atoms with Crippen molar-refractivity contribution in [2.45, 2.75) is 20.3 Å². The van der Waals surface area contributed by atoms with Crippen molar-refractivity contribution < 1.29 is 15.0 Å². The molecule has 0 amide bonds. The molecule has 2 aromatic rings. The Morgan fingerprint density at radius 2 is 1.06 bits per heavy atom. The molecule has 93 valence electrons. The molecule has 0 unspecified atom stereocenters. The number of rotatable bonds is 2. The predicted molar refractivity (Wildman–Crippen MR) is 75.0 cm³/mol. The van der Waals surface area contributed by atoms with E-state index in [2.05, 4.69) is 38.1 Å². The maximum atomic E-state index is 5.21. The van der Waals surface area contributed by atoms with Crippen molar-refractivity contribution >= 4 is 17.3 Å². The van der Waals surface area contributed by atoms with Crippen LogP contribution in [0.1, 0.15) is 20.3 Å². The van der Waals surface area contributed by atoms with Crippen LogP contribution in [0.5, 0.6) is 0 Å². The van der Waals surface area contributed by atoms with Gasteiger partial charge in [-0.1, -0.05) is 20.3 Å². The van der Waals surface area contributed by atoms with E-state index < -0.39 is 6.70 Å². The van der Waals surface area contributed by atoms with Crippen LogP contribution < -0.4 is 10.6 Å². The summed E-state index contributed by atoms with van der Waals surface area (Å²) in [7, 11) is 0. The minimum atomic E-state index is -0.546. The standard InChI is InChI=1S/C12H10P.C3H8.Ni/c1-3-7-11(8-4-1)13-12-9-5-2-6-10-12;1-3-2;/h1-10H;3H2,1-2H3;/q-1;;+1. The first-order chi connectivity index (χ1) is 8.29. The molecule has 0 radical (unpaired) electrons. The molecule has 0 aliphatic heterocycles. The molecule has 0 nitrogen and oxygen atoms in total. The van der Waals surface area contributed by atoms with Gasteiger partial charge in [0.25, 0.3) is 0 Å². The molecule has 0 aliphatic carbocycles. The molecule has 17 heavy (non-hydrogen) atoms. The van der Waals surface area contributed by atoms with Crippen LogP contribution >= 0.6 is 6.70 Å². The van der Waals surface area contributed by atoms with Crippen molar-refractivity contribution in [3.8, 4) is 0 Å². The first-order valence-corrected chi connectivity index (χ1v) is 8.33. The Morgan fingerprint density at radius 1 is 0.765 bits per heavy atom. The summed E-state index contributed by atoms with van der Waals surface area (Å²) in [6.45, 7) is 3.70. The predicted octanol–water partition coefficient (Wildman–Crippen LogP) is 4.00. The Hall–Kier alpha value is -0.636. The molecule has 0 aliphatic rings. The van der Waals surface area contributed by atoms with Crippen molar-refractivity contribution in [1.29, 1.82) is 0 Å². The molecule has 2 rings (SSSR count). The van der Waals surface area contributed by atoms with Gasteiger partial charge in [0.05, 0.1) is 0 Å². The van der Waals surface area contributed by atoms with Gasteiger partial charge in [-0.2, -0.15) is 0 Å². The number of hydrogen-bond donors (Lipinski definition) is 0. The van der Waals surface area contributed by atoms with Crippen LogP contribution in [0.2, 0.25) is 0 Å². The van der Waals surface area contributed by atoms with Gasteiger partial charge in [-0.05, 0) is 0 Å². The van der Waals surface area contributed by atoms with Crippen molar-refractivity contribution in [3.05, 3.63) is 60.7 Å². The number of hydrogen-bond acceptors (Lipinski definition) is 0. The molecular weight excluding hydrogens is 270 g/mol. The Morgan fingerprint density at radius 3 is 1.35 bits per heavy atom. The zero-order valence-electron chi connectivity index (χ0n) is 10.2. The molecule has 2 aromatic carbocycles. The van der Waals surface area contributed by atoms with Gasteiger partial charge in [0.15, 0.2) is 0 Å². The Balaban J connectivity index is 0.000000437. The van der Waals surface area contributed by atoms with E-state index in [1.807, 2.05) is 36.4 Å². The molecule has 0 saturated heterocycles. The van der Waals surface area contributed by atoms with E-state index in [1.165, 1.54) is 17.0 Å². The third kappa shape index (κ3) is 5.03. The molecule has 0 aromatic heterocycles. The molecule has 0 atom stereocenters. The fourth-order valence-electron chi connectivity index (χ4n) is 1.25. The molecule has 2 heteroatoms.